The zero-order valence-corrected chi connectivity index (χ0v) is 7.42. The minimum absolute atomic E-state index is 0.386. The number of rotatable bonds is 1. The number of nitrogens with two attached hydrogens (primary N) is 1. The number of H-pyrrole nitrogens is 1. The highest BCUT2D eigenvalue weighted by molar-refractivity contribution is 5.80. The fraction of sp³-hybridized carbons (Fsp3) is 0.286. The van der Waals surface area contributed by atoms with Crippen molar-refractivity contribution in [2.75, 3.05) is 5.43 Å². The van der Waals surface area contributed by atoms with Gasteiger partial charge in [0.25, 0.3) is 0 Å². The van der Waals surface area contributed by atoms with Gasteiger partial charge in [0.15, 0.2) is 5.65 Å². The lowest BCUT2D eigenvalue weighted by Gasteiger charge is -1.99. The minimum Gasteiger partial charge on any atom is -0.292 e. The number of aromatic amines is 1. The van der Waals surface area contributed by atoms with Crippen molar-refractivity contribution in [3.05, 3.63) is 11.4 Å². The number of hydrogen-bond acceptors (Lipinski definition) is 5. The van der Waals surface area contributed by atoms with Crippen LogP contribution in [0.25, 0.3) is 11.0 Å². The summed E-state index contributed by atoms with van der Waals surface area (Å²) in [5.74, 6) is 5.59. The highest BCUT2D eigenvalue weighted by Crippen LogP contribution is 2.17. The minimum atomic E-state index is 0.386. The third kappa shape index (κ3) is 1.11. The van der Waals surface area contributed by atoms with Crippen LogP contribution in [0.1, 0.15) is 11.4 Å². The molecular formula is C7H10N6. The Bertz CT molecular complexity index is 445. The van der Waals surface area contributed by atoms with Gasteiger partial charge in [-0.2, -0.15) is 10.1 Å². The average Bonchev–Trinajstić information content (AvgIpc) is 2.48. The second kappa shape index (κ2) is 2.67. The molecule has 6 heteroatoms. The SMILES string of the molecule is Cc1nc(NN)nc2n[nH]c(C)c12. The van der Waals surface area contributed by atoms with Gasteiger partial charge in [0, 0.05) is 5.69 Å². The molecule has 0 unspecified atom stereocenters. The molecule has 0 saturated carbocycles. The summed E-state index contributed by atoms with van der Waals surface area (Å²) >= 11 is 0. The monoisotopic (exact) mass is 178 g/mol. The molecule has 0 aliphatic carbocycles. The van der Waals surface area contributed by atoms with Crippen LogP contribution in [0.4, 0.5) is 5.95 Å². The quantitative estimate of drug-likeness (QED) is 0.430. The fourth-order valence-corrected chi connectivity index (χ4v) is 1.33. The van der Waals surface area contributed by atoms with Crippen molar-refractivity contribution in [3.63, 3.8) is 0 Å². The van der Waals surface area contributed by atoms with Crippen molar-refractivity contribution in [2.45, 2.75) is 13.8 Å². The van der Waals surface area contributed by atoms with E-state index >= 15 is 0 Å². The molecule has 0 fully saturated rings. The fourth-order valence-electron chi connectivity index (χ4n) is 1.33. The number of aryl methyl sites for hydroxylation is 2. The summed E-state index contributed by atoms with van der Waals surface area (Å²) in [6.45, 7) is 3.83. The summed E-state index contributed by atoms with van der Waals surface area (Å²) in [5.41, 5.74) is 4.86. The second-order valence-electron chi connectivity index (χ2n) is 2.82. The molecule has 2 aromatic heterocycles. The predicted octanol–water partition coefficient (Wildman–Crippen LogP) is 0.255. The molecule has 0 amide bonds. The van der Waals surface area contributed by atoms with Crippen LogP contribution >= 0.6 is 0 Å². The summed E-state index contributed by atoms with van der Waals surface area (Å²) < 4.78 is 0. The van der Waals surface area contributed by atoms with Gasteiger partial charge in [-0.25, -0.2) is 10.8 Å². The smallest absolute Gasteiger partial charge is 0.239 e. The molecule has 0 atom stereocenters. The summed E-state index contributed by atoms with van der Waals surface area (Å²) in [6, 6.07) is 0. The van der Waals surface area contributed by atoms with Crippen molar-refractivity contribution in [3.8, 4) is 0 Å². The maximum absolute atomic E-state index is 5.20. The van der Waals surface area contributed by atoms with Gasteiger partial charge in [-0.05, 0) is 13.8 Å². The van der Waals surface area contributed by atoms with Crippen molar-refractivity contribution >= 4 is 17.0 Å². The molecule has 68 valence electrons. The molecule has 2 rings (SSSR count). The molecule has 2 aromatic rings. The van der Waals surface area contributed by atoms with E-state index in [9.17, 15) is 0 Å². The maximum Gasteiger partial charge on any atom is 0.239 e. The van der Waals surface area contributed by atoms with Gasteiger partial charge in [-0.15, -0.1) is 0 Å². The third-order valence-electron chi connectivity index (χ3n) is 1.90. The van der Waals surface area contributed by atoms with Crippen molar-refractivity contribution in [1.29, 1.82) is 0 Å². The van der Waals surface area contributed by atoms with Crippen LogP contribution in [0.15, 0.2) is 0 Å². The Kier molecular flexibility index (Phi) is 1.63. The van der Waals surface area contributed by atoms with E-state index in [1.807, 2.05) is 13.8 Å². The standard InChI is InChI=1S/C7H10N6/c1-3-5-4(2)12-13-6(5)10-7(9-3)11-8/h8H2,1-2H3,(H2,9,10,11,12,13). The molecule has 4 N–H and O–H groups in total. The topological polar surface area (TPSA) is 92.5 Å². The van der Waals surface area contributed by atoms with Gasteiger partial charge in [-0.3, -0.25) is 10.5 Å². The highest BCUT2D eigenvalue weighted by Gasteiger charge is 2.08. The number of hydrazine groups is 1. The normalized spacial score (nSPS) is 10.7. The van der Waals surface area contributed by atoms with Crippen LogP contribution in [0, 0.1) is 13.8 Å². The molecule has 0 aliphatic heterocycles. The van der Waals surface area contributed by atoms with E-state index in [-0.39, 0.29) is 0 Å². The van der Waals surface area contributed by atoms with E-state index < -0.39 is 0 Å². The Morgan fingerprint density at radius 1 is 1.31 bits per heavy atom. The molecular weight excluding hydrogens is 168 g/mol. The van der Waals surface area contributed by atoms with Crippen LogP contribution in [0.3, 0.4) is 0 Å². The first-order chi connectivity index (χ1) is 6.22. The second-order valence-corrected chi connectivity index (χ2v) is 2.82. The number of nitrogens with zero attached hydrogens (tertiary/aromatic N) is 3. The van der Waals surface area contributed by atoms with E-state index in [1.165, 1.54) is 0 Å². The highest BCUT2D eigenvalue weighted by atomic mass is 15.3. The van der Waals surface area contributed by atoms with Crippen molar-refractivity contribution in [1.82, 2.24) is 20.2 Å². The predicted molar refractivity (Wildman–Crippen MR) is 49.0 cm³/mol. The number of nitrogens with one attached hydrogen (secondary N) is 2. The summed E-state index contributed by atoms with van der Waals surface area (Å²) in [6.07, 6.45) is 0. The van der Waals surface area contributed by atoms with Gasteiger partial charge in [0.2, 0.25) is 5.95 Å². The summed E-state index contributed by atoms with van der Waals surface area (Å²) in [4.78, 5) is 8.23. The molecule has 0 bridgehead atoms. The molecule has 0 saturated heterocycles. The molecule has 6 nitrogen and oxygen atoms in total. The van der Waals surface area contributed by atoms with E-state index in [0.717, 1.165) is 16.8 Å². The molecule has 0 radical (unpaired) electrons. The molecule has 0 aliphatic rings. The van der Waals surface area contributed by atoms with Gasteiger partial charge in [-0.1, -0.05) is 0 Å². The van der Waals surface area contributed by atoms with Gasteiger partial charge in [0.1, 0.15) is 0 Å². The maximum atomic E-state index is 5.20. The number of hydrogen-bond donors (Lipinski definition) is 3. The lowest BCUT2D eigenvalue weighted by Crippen LogP contribution is -2.11. The van der Waals surface area contributed by atoms with Gasteiger partial charge >= 0.3 is 0 Å². The zero-order chi connectivity index (χ0) is 9.42. The van der Waals surface area contributed by atoms with Crippen LogP contribution < -0.4 is 11.3 Å². The van der Waals surface area contributed by atoms with Gasteiger partial charge in [0.05, 0.1) is 11.1 Å². The number of aromatic nitrogens is 4. The van der Waals surface area contributed by atoms with E-state index in [1.54, 1.807) is 0 Å². The Hall–Kier alpha value is -1.69. The Morgan fingerprint density at radius 2 is 2.08 bits per heavy atom. The van der Waals surface area contributed by atoms with E-state index in [0.29, 0.717) is 11.6 Å². The first kappa shape index (κ1) is 7.93. The number of fused-ring (bicyclic) bond motifs is 1. The van der Waals surface area contributed by atoms with Crippen LogP contribution in [-0.4, -0.2) is 20.2 Å². The zero-order valence-electron chi connectivity index (χ0n) is 7.42. The van der Waals surface area contributed by atoms with Crippen molar-refractivity contribution < 1.29 is 0 Å². The Labute approximate surface area is 74.5 Å². The average molecular weight is 178 g/mol. The molecule has 13 heavy (non-hydrogen) atoms. The summed E-state index contributed by atoms with van der Waals surface area (Å²) in [7, 11) is 0. The number of nitrogen functional groups attached to an aromatic ring is 1. The molecule has 2 heterocycles. The summed E-state index contributed by atoms with van der Waals surface area (Å²) in [5, 5.41) is 7.82. The van der Waals surface area contributed by atoms with E-state index in [2.05, 4.69) is 25.6 Å². The lowest BCUT2D eigenvalue weighted by atomic mass is 10.2. The Morgan fingerprint density at radius 3 is 2.77 bits per heavy atom. The van der Waals surface area contributed by atoms with Crippen LogP contribution in [-0.2, 0) is 0 Å². The van der Waals surface area contributed by atoms with Gasteiger partial charge < -0.3 is 0 Å². The molecule has 0 spiro atoms. The third-order valence-corrected chi connectivity index (χ3v) is 1.90. The molecule has 0 aromatic carbocycles. The van der Waals surface area contributed by atoms with E-state index in [4.69, 9.17) is 5.84 Å². The Balaban J connectivity index is 2.79. The first-order valence-electron chi connectivity index (χ1n) is 3.88. The van der Waals surface area contributed by atoms with Crippen LogP contribution in [0.2, 0.25) is 0 Å². The van der Waals surface area contributed by atoms with Crippen LogP contribution in [0.5, 0.6) is 0 Å². The number of anilines is 1. The largest absolute Gasteiger partial charge is 0.292 e. The van der Waals surface area contributed by atoms with Crippen molar-refractivity contribution in [2.24, 2.45) is 5.84 Å². The lowest BCUT2D eigenvalue weighted by molar-refractivity contribution is 1.05. The first-order valence-corrected chi connectivity index (χ1v) is 3.88.